The second-order valence-electron chi connectivity index (χ2n) is 6.80. The minimum absolute atomic E-state index is 0.161. The third kappa shape index (κ3) is 3.40. The average Bonchev–Trinajstić information content (AvgIpc) is 3.36. The Morgan fingerprint density at radius 3 is 2.97 bits per heavy atom. The third-order valence-corrected chi connectivity index (χ3v) is 5.47. The summed E-state index contributed by atoms with van der Waals surface area (Å²) in [5.41, 5.74) is 2.98. The quantitative estimate of drug-likeness (QED) is 0.533. The van der Waals surface area contributed by atoms with E-state index >= 15 is 0 Å². The molecule has 0 radical (unpaired) electrons. The number of methoxy groups -OCH3 is 1. The van der Waals surface area contributed by atoms with Gasteiger partial charge in [0, 0.05) is 16.8 Å². The zero-order chi connectivity index (χ0) is 20.0. The Kier molecular flexibility index (Phi) is 4.17. The Morgan fingerprint density at radius 1 is 1.38 bits per heavy atom. The molecule has 9 heteroatoms. The third-order valence-electron chi connectivity index (χ3n) is 4.65. The molecule has 8 nitrogen and oxygen atoms in total. The first kappa shape index (κ1) is 17.6. The van der Waals surface area contributed by atoms with Gasteiger partial charge >= 0.3 is 4.87 Å². The monoisotopic (exact) mass is 407 g/mol. The van der Waals surface area contributed by atoms with E-state index in [4.69, 9.17) is 14.7 Å². The molecule has 0 bridgehead atoms. The number of nitrogens with zero attached hydrogens (tertiary/aromatic N) is 4. The largest absolute Gasteiger partial charge is 0.497 e. The highest BCUT2D eigenvalue weighted by Gasteiger charge is 2.20. The molecule has 2 N–H and O–H groups in total. The molecule has 0 atom stereocenters. The van der Waals surface area contributed by atoms with Crippen LogP contribution in [0.3, 0.4) is 0 Å². The van der Waals surface area contributed by atoms with Crippen LogP contribution in [0.1, 0.15) is 17.7 Å². The van der Waals surface area contributed by atoms with Crippen molar-refractivity contribution in [1.82, 2.24) is 19.6 Å². The number of fused-ring (bicyclic) bond motifs is 1. The van der Waals surface area contributed by atoms with E-state index in [1.165, 1.54) is 0 Å². The molecule has 1 aromatic carbocycles. The van der Waals surface area contributed by atoms with Crippen LogP contribution in [0.5, 0.6) is 11.6 Å². The first-order chi connectivity index (χ1) is 14.1. The molecule has 1 aliphatic rings. The number of aromatic nitrogens is 4. The molecule has 146 valence electrons. The van der Waals surface area contributed by atoms with Crippen LogP contribution in [0.25, 0.3) is 23.0 Å². The van der Waals surface area contributed by atoms with Crippen LogP contribution >= 0.6 is 11.3 Å². The number of hydrogen-bond acceptors (Lipinski definition) is 7. The Labute approximate surface area is 168 Å². The van der Waals surface area contributed by atoms with Gasteiger partial charge in [0.25, 0.3) is 0 Å². The summed E-state index contributed by atoms with van der Waals surface area (Å²) in [4.78, 5) is 23.6. The van der Waals surface area contributed by atoms with E-state index in [2.05, 4.69) is 10.1 Å². The van der Waals surface area contributed by atoms with E-state index in [9.17, 15) is 9.90 Å². The predicted molar refractivity (Wildman–Crippen MR) is 109 cm³/mol. The van der Waals surface area contributed by atoms with E-state index in [-0.39, 0.29) is 10.8 Å². The van der Waals surface area contributed by atoms with Crippen molar-refractivity contribution in [3.63, 3.8) is 0 Å². The SMILES string of the molecule is COc1cccc(-c2cc(=NC3CC3)n3nc/c(=C/c4sc(=O)[nH]c4O)c3n2)c1. The minimum Gasteiger partial charge on any atom is -0.497 e. The molecular formula is C20H17N5O3S. The summed E-state index contributed by atoms with van der Waals surface area (Å²) in [6.45, 7) is 0. The number of benzene rings is 1. The van der Waals surface area contributed by atoms with Crippen molar-refractivity contribution in [3.8, 4) is 22.9 Å². The summed E-state index contributed by atoms with van der Waals surface area (Å²) in [5.74, 6) is 0.582. The summed E-state index contributed by atoms with van der Waals surface area (Å²) in [6.07, 6.45) is 5.50. The highest BCUT2D eigenvalue weighted by atomic mass is 32.1. The van der Waals surface area contributed by atoms with E-state index < -0.39 is 0 Å². The average molecular weight is 407 g/mol. The first-order valence-corrected chi connectivity index (χ1v) is 9.93. The van der Waals surface area contributed by atoms with Gasteiger partial charge in [0.1, 0.15) is 5.75 Å². The van der Waals surface area contributed by atoms with Crippen molar-refractivity contribution >= 4 is 23.1 Å². The van der Waals surface area contributed by atoms with Gasteiger partial charge in [-0.25, -0.2) is 4.98 Å². The van der Waals surface area contributed by atoms with Crippen LogP contribution in [0, 0.1) is 0 Å². The van der Waals surface area contributed by atoms with Gasteiger partial charge in [-0.2, -0.15) is 9.61 Å². The fourth-order valence-corrected chi connectivity index (χ4v) is 3.73. The number of aromatic hydroxyl groups is 1. The normalized spacial score (nSPS) is 15.3. The van der Waals surface area contributed by atoms with Crippen LogP contribution in [0.4, 0.5) is 0 Å². The van der Waals surface area contributed by atoms with Gasteiger partial charge in [-0.15, -0.1) is 0 Å². The predicted octanol–water partition coefficient (Wildman–Crippen LogP) is 1.47. The molecule has 0 saturated heterocycles. The van der Waals surface area contributed by atoms with Gasteiger partial charge in [0.05, 0.1) is 29.9 Å². The molecular weight excluding hydrogens is 390 g/mol. The van der Waals surface area contributed by atoms with E-state index in [0.717, 1.165) is 46.7 Å². The molecule has 3 aromatic heterocycles. The van der Waals surface area contributed by atoms with Crippen molar-refractivity contribution in [2.24, 2.45) is 4.99 Å². The van der Waals surface area contributed by atoms with Crippen LogP contribution in [-0.4, -0.2) is 37.8 Å². The van der Waals surface area contributed by atoms with Gasteiger partial charge in [0.15, 0.2) is 11.1 Å². The molecule has 1 fully saturated rings. The van der Waals surface area contributed by atoms with Crippen LogP contribution in [-0.2, 0) is 0 Å². The van der Waals surface area contributed by atoms with E-state index in [0.29, 0.717) is 21.8 Å². The number of nitrogens with one attached hydrogen (secondary N) is 1. The molecule has 0 unspecified atom stereocenters. The lowest BCUT2D eigenvalue weighted by molar-refractivity contribution is 0.415. The molecule has 29 heavy (non-hydrogen) atoms. The van der Waals surface area contributed by atoms with Gasteiger partial charge in [-0.05, 0) is 31.1 Å². The van der Waals surface area contributed by atoms with Crippen LogP contribution in [0.2, 0.25) is 0 Å². The van der Waals surface area contributed by atoms with Gasteiger partial charge in [0.2, 0.25) is 5.88 Å². The zero-order valence-corrected chi connectivity index (χ0v) is 16.3. The fraction of sp³-hybridized carbons (Fsp3) is 0.200. The molecule has 0 spiro atoms. The van der Waals surface area contributed by atoms with Crippen molar-refractivity contribution in [3.05, 3.63) is 61.8 Å². The zero-order valence-electron chi connectivity index (χ0n) is 15.5. The molecule has 4 aromatic rings. The number of H-pyrrole nitrogens is 1. The van der Waals surface area contributed by atoms with Crippen LogP contribution < -0.4 is 20.3 Å². The Hall–Kier alpha value is -3.46. The van der Waals surface area contributed by atoms with Crippen molar-refractivity contribution in [2.45, 2.75) is 18.9 Å². The Balaban J connectivity index is 1.77. The minimum atomic E-state index is -0.320. The second-order valence-corrected chi connectivity index (χ2v) is 7.81. The number of rotatable bonds is 4. The summed E-state index contributed by atoms with van der Waals surface area (Å²) >= 11 is 0.930. The Bertz CT molecular complexity index is 1400. The van der Waals surface area contributed by atoms with Gasteiger partial charge in [-0.1, -0.05) is 23.5 Å². The summed E-state index contributed by atoms with van der Waals surface area (Å²) in [6, 6.07) is 9.91. The maximum atomic E-state index is 11.5. The lowest BCUT2D eigenvalue weighted by atomic mass is 10.1. The first-order valence-electron chi connectivity index (χ1n) is 9.11. The lowest BCUT2D eigenvalue weighted by Crippen LogP contribution is -2.19. The highest BCUT2D eigenvalue weighted by molar-refractivity contribution is 7.10. The number of thiazole rings is 1. The summed E-state index contributed by atoms with van der Waals surface area (Å²) in [7, 11) is 1.63. The summed E-state index contributed by atoms with van der Waals surface area (Å²) in [5, 5.41) is 15.0. The van der Waals surface area contributed by atoms with Crippen molar-refractivity contribution < 1.29 is 9.84 Å². The molecule has 0 amide bonds. The van der Waals surface area contributed by atoms with Crippen LogP contribution in [0.15, 0.2) is 46.3 Å². The highest BCUT2D eigenvalue weighted by Crippen LogP contribution is 2.24. The van der Waals surface area contributed by atoms with Gasteiger partial charge in [-0.3, -0.25) is 14.8 Å². The second kappa shape index (κ2) is 6.85. The number of ether oxygens (including phenoxy) is 1. The molecule has 1 saturated carbocycles. The fourth-order valence-electron chi connectivity index (χ4n) is 3.05. The standard InChI is InChI=1S/C20H17N5O3S/c1-28-14-4-2-3-11(7-14)15-9-17(22-13-5-6-13)25-18(23-15)12(10-21-25)8-16-19(26)24-20(27)29-16/h2-4,7-10,13,26H,5-6H2,1H3,(H,24,27)/b12-8-,22-17?. The van der Waals surface area contributed by atoms with E-state index in [1.54, 1.807) is 23.9 Å². The Morgan fingerprint density at radius 2 is 2.24 bits per heavy atom. The molecule has 0 aliphatic heterocycles. The maximum absolute atomic E-state index is 11.5. The number of aromatic amines is 1. The topological polar surface area (TPSA) is 105 Å². The van der Waals surface area contributed by atoms with E-state index in [1.807, 2.05) is 30.3 Å². The smallest absolute Gasteiger partial charge is 0.307 e. The van der Waals surface area contributed by atoms with Crippen molar-refractivity contribution in [2.75, 3.05) is 7.11 Å². The molecule has 5 rings (SSSR count). The molecule has 1 aliphatic carbocycles. The number of hydrogen-bond donors (Lipinski definition) is 2. The lowest BCUT2D eigenvalue weighted by Gasteiger charge is -2.05. The summed E-state index contributed by atoms with van der Waals surface area (Å²) < 4.78 is 7.03. The van der Waals surface area contributed by atoms with Crippen molar-refractivity contribution in [1.29, 1.82) is 0 Å². The maximum Gasteiger partial charge on any atom is 0.307 e. The molecule has 3 heterocycles. The van der Waals surface area contributed by atoms with Gasteiger partial charge < -0.3 is 9.84 Å².